The third-order valence-electron chi connectivity index (χ3n) is 9.02. The van der Waals surface area contributed by atoms with E-state index in [9.17, 15) is 9.59 Å². The van der Waals surface area contributed by atoms with Gasteiger partial charge in [0.2, 0.25) is 0 Å². The Morgan fingerprint density at radius 3 is 1.72 bits per heavy atom. The van der Waals surface area contributed by atoms with Crippen LogP contribution in [0, 0.1) is 0 Å². The minimum Gasteiger partial charge on any atom is -0.310 e. The molecule has 3 atom stereocenters. The van der Waals surface area contributed by atoms with Crippen LogP contribution in [0.25, 0.3) is 0 Å². The first-order chi connectivity index (χ1) is 22.6. The van der Waals surface area contributed by atoms with Crippen molar-refractivity contribution >= 4 is 23.6 Å². The predicted octanol–water partition coefficient (Wildman–Crippen LogP) is 7.22. The standard InChI is InChI=1S/C39H36N4O2S/c1-2-14-27-24-41-36(42-25-27)35(43-37(44)32-21-12-13-22-33(32)38(43)45)34-23-31(26-40-34)46-39(28-15-6-3-7-16-28,29-17-8-4-9-18-29)30-19-10-5-11-20-30/h3-13,15-22,24-25,31,34-35,40H,2,14,23,26H2,1H3. The maximum absolute atomic E-state index is 13.8. The summed E-state index contributed by atoms with van der Waals surface area (Å²) in [4.78, 5) is 38.6. The van der Waals surface area contributed by atoms with Crippen molar-refractivity contribution in [2.75, 3.05) is 6.54 Å². The van der Waals surface area contributed by atoms with Gasteiger partial charge in [-0.1, -0.05) is 116 Å². The number of aromatic nitrogens is 2. The van der Waals surface area contributed by atoms with E-state index in [1.165, 1.54) is 21.6 Å². The van der Waals surface area contributed by atoms with Gasteiger partial charge in [0.25, 0.3) is 11.8 Å². The van der Waals surface area contributed by atoms with Crippen LogP contribution < -0.4 is 5.32 Å². The largest absolute Gasteiger partial charge is 0.310 e. The van der Waals surface area contributed by atoms with Crippen molar-refractivity contribution in [1.29, 1.82) is 0 Å². The average Bonchev–Trinajstić information content (AvgIpc) is 3.68. The first-order valence-electron chi connectivity index (χ1n) is 16.0. The van der Waals surface area contributed by atoms with E-state index in [4.69, 9.17) is 9.97 Å². The molecule has 2 aliphatic rings. The number of benzene rings is 4. The number of nitrogens with one attached hydrogen (secondary N) is 1. The lowest BCUT2D eigenvalue weighted by Crippen LogP contribution is -2.44. The molecule has 1 fully saturated rings. The minimum atomic E-state index is -0.645. The summed E-state index contributed by atoms with van der Waals surface area (Å²) in [6, 6.07) is 38.2. The van der Waals surface area contributed by atoms with Crippen molar-refractivity contribution in [2.45, 2.75) is 48.3 Å². The summed E-state index contributed by atoms with van der Waals surface area (Å²) in [7, 11) is 0. The second-order valence-corrected chi connectivity index (χ2v) is 13.5. The van der Waals surface area contributed by atoms with E-state index in [2.05, 4.69) is 103 Å². The van der Waals surface area contributed by atoms with Gasteiger partial charge in [-0.05, 0) is 47.2 Å². The summed E-state index contributed by atoms with van der Waals surface area (Å²) in [5.41, 5.74) is 5.51. The first-order valence-corrected chi connectivity index (χ1v) is 16.8. The van der Waals surface area contributed by atoms with Gasteiger partial charge in [0.05, 0.1) is 15.9 Å². The fraction of sp³-hybridized carbons (Fsp3) is 0.231. The van der Waals surface area contributed by atoms with Crippen molar-refractivity contribution < 1.29 is 9.59 Å². The molecular formula is C39H36N4O2S. The van der Waals surface area contributed by atoms with Gasteiger partial charge < -0.3 is 5.32 Å². The fourth-order valence-electron chi connectivity index (χ4n) is 6.91. The van der Waals surface area contributed by atoms with Gasteiger partial charge in [-0.3, -0.25) is 14.5 Å². The van der Waals surface area contributed by atoms with Gasteiger partial charge in [0, 0.05) is 30.2 Å². The summed E-state index contributed by atoms with van der Waals surface area (Å²) in [5, 5.41) is 3.88. The van der Waals surface area contributed by atoms with E-state index >= 15 is 0 Å². The molecule has 0 spiro atoms. The number of amides is 2. The van der Waals surface area contributed by atoms with Crippen LogP contribution in [0.4, 0.5) is 0 Å². The molecule has 2 aliphatic heterocycles. The first kappa shape index (κ1) is 30.1. The third-order valence-corrected chi connectivity index (χ3v) is 10.8. The van der Waals surface area contributed by atoms with Gasteiger partial charge >= 0.3 is 0 Å². The van der Waals surface area contributed by atoms with Crippen molar-refractivity contribution in [3.05, 3.63) is 167 Å². The number of aryl methyl sites for hydroxylation is 1. The Bertz CT molecular complexity index is 1680. The fourth-order valence-corrected chi connectivity index (χ4v) is 8.71. The minimum absolute atomic E-state index is 0.155. The Kier molecular flexibility index (Phi) is 8.52. The molecule has 4 aromatic carbocycles. The highest BCUT2D eigenvalue weighted by Gasteiger charge is 2.48. The molecule has 5 aromatic rings. The van der Waals surface area contributed by atoms with Gasteiger partial charge in [-0.2, -0.15) is 0 Å². The molecule has 6 nitrogen and oxygen atoms in total. The summed E-state index contributed by atoms with van der Waals surface area (Å²) in [5.74, 6) is -0.105. The molecule has 0 radical (unpaired) electrons. The number of hydrogen-bond acceptors (Lipinski definition) is 6. The number of hydrogen-bond donors (Lipinski definition) is 1. The molecule has 3 unspecified atom stereocenters. The van der Waals surface area contributed by atoms with E-state index < -0.39 is 10.8 Å². The highest BCUT2D eigenvalue weighted by atomic mass is 32.2. The maximum Gasteiger partial charge on any atom is 0.262 e. The molecule has 2 amide bonds. The number of carbonyl (C=O) groups excluding carboxylic acids is 2. The number of imide groups is 1. The number of fused-ring (bicyclic) bond motifs is 1. The van der Waals surface area contributed by atoms with Crippen LogP contribution >= 0.6 is 11.8 Å². The second kappa shape index (κ2) is 13.0. The monoisotopic (exact) mass is 624 g/mol. The van der Waals surface area contributed by atoms with Crippen molar-refractivity contribution in [1.82, 2.24) is 20.2 Å². The molecule has 0 aliphatic carbocycles. The quantitative estimate of drug-likeness (QED) is 0.131. The van der Waals surface area contributed by atoms with Crippen LogP contribution in [0.15, 0.2) is 128 Å². The Morgan fingerprint density at radius 1 is 0.761 bits per heavy atom. The number of rotatable bonds is 10. The molecule has 0 saturated carbocycles. The number of thioether (sulfide) groups is 1. The van der Waals surface area contributed by atoms with E-state index in [0.29, 0.717) is 23.5 Å². The zero-order chi connectivity index (χ0) is 31.5. The molecule has 7 rings (SSSR count). The van der Waals surface area contributed by atoms with Gasteiger partial charge in [-0.15, -0.1) is 11.8 Å². The normalized spacial score (nSPS) is 18.5. The Balaban J connectivity index is 1.27. The third kappa shape index (κ3) is 5.44. The smallest absolute Gasteiger partial charge is 0.262 e. The summed E-state index contributed by atoms with van der Waals surface area (Å²) in [6.45, 7) is 2.83. The molecule has 1 N–H and O–H groups in total. The highest BCUT2D eigenvalue weighted by Crippen LogP contribution is 2.52. The van der Waals surface area contributed by atoms with Crippen LogP contribution in [-0.4, -0.2) is 44.5 Å². The summed E-state index contributed by atoms with van der Waals surface area (Å²) >= 11 is 1.92. The van der Waals surface area contributed by atoms with E-state index in [1.807, 2.05) is 24.2 Å². The topological polar surface area (TPSA) is 75.2 Å². The lowest BCUT2D eigenvalue weighted by Gasteiger charge is -2.37. The average molecular weight is 625 g/mol. The number of nitrogens with zero attached hydrogens (tertiary/aromatic N) is 3. The summed E-state index contributed by atoms with van der Waals surface area (Å²) < 4.78 is -0.478. The number of carbonyl (C=O) groups is 2. The zero-order valence-electron chi connectivity index (χ0n) is 25.8. The second-order valence-electron chi connectivity index (χ2n) is 11.9. The molecule has 0 bridgehead atoms. The van der Waals surface area contributed by atoms with Crippen LogP contribution in [0.1, 0.15) is 74.6 Å². The van der Waals surface area contributed by atoms with Crippen LogP contribution in [-0.2, 0) is 11.2 Å². The zero-order valence-corrected chi connectivity index (χ0v) is 26.6. The Morgan fingerprint density at radius 2 is 1.24 bits per heavy atom. The SMILES string of the molecule is CCCc1cnc(C(C2CC(SC(c3ccccc3)(c3ccccc3)c3ccccc3)CN2)N2C(=O)c3ccccc3C2=O)nc1. The maximum atomic E-state index is 13.8. The van der Waals surface area contributed by atoms with E-state index in [-0.39, 0.29) is 23.1 Å². The molecular weight excluding hydrogens is 589 g/mol. The van der Waals surface area contributed by atoms with Crippen molar-refractivity contribution in [2.24, 2.45) is 0 Å². The lowest BCUT2D eigenvalue weighted by molar-refractivity contribution is 0.0541. The van der Waals surface area contributed by atoms with Crippen LogP contribution in [0.5, 0.6) is 0 Å². The van der Waals surface area contributed by atoms with Gasteiger partial charge in [0.15, 0.2) is 5.82 Å². The Labute approximate surface area is 274 Å². The molecule has 230 valence electrons. The Hall–Kier alpha value is -4.59. The van der Waals surface area contributed by atoms with Crippen LogP contribution in [0.3, 0.4) is 0 Å². The molecule has 1 saturated heterocycles. The molecule has 7 heteroatoms. The molecule has 46 heavy (non-hydrogen) atoms. The molecule has 1 aromatic heterocycles. The molecule has 3 heterocycles. The summed E-state index contributed by atoms with van der Waals surface area (Å²) in [6.07, 6.45) is 6.25. The van der Waals surface area contributed by atoms with Gasteiger partial charge in [-0.25, -0.2) is 9.97 Å². The van der Waals surface area contributed by atoms with Crippen molar-refractivity contribution in [3.63, 3.8) is 0 Å². The van der Waals surface area contributed by atoms with E-state index in [1.54, 1.807) is 24.3 Å². The van der Waals surface area contributed by atoms with Gasteiger partial charge in [0.1, 0.15) is 6.04 Å². The van der Waals surface area contributed by atoms with Crippen LogP contribution in [0.2, 0.25) is 0 Å². The lowest BCUT2D eigenvalue weighted by atomic mass is 9.84. The highest BCUT2D eigenvalue weighted by molar-refractivity contribution is 8.01. The van der Waals surface area contributed by atoms with Crippen molar-refractivity contribution in [3.8, 4) is 0 Å². The predicted molar refractivity (Wildman–Crippen MR) is 183 cm³/mol. The van der Waals surface area contributed by atoms with E-state index in [0.717, 1.165) is 24.8 Å².